The number of nitrogens with one attached hydrogen (secondary N) is 1. The van der Waals surface area contributed by atoms with Crippen LogP contribution in [-0.2, 0) is 0 Å². The molecule has 4 rings (SSSR count). The van der Waals surface area contributed by atoms with E-state index >= 15 is 0 Å². The molecule has 0 aliphatic carbocycles. The van der Waals surface area contributed by atoms with Crippen LogP contribution in [0, 0.1) is 11.7 Å². The number of hydrogen-bond donors (Lipinski definition) is 1. The monoisotopic (exact) mass is 395 g/mol. The van der Waals surface area contributed by atoms with Crippen molar-refractivity contribution in [3.63, 3.8) is 0 Å². The van der Waals surface area contributed by atoms with Gasteiger partial charge in [-0.3, -0.25) is 4.57 Å². The number of halogens is 1. The molecule has 6 heteroatoms. The summed E-state index contributed by atoms with van der Waals surface area (Å²) in [6, 6.07) is 15.9. The normalized spacial score (nSPS) is 15.5. The van der Waals surface area contributed by atoms with Crippen molar-refractivity contribution in [2.75, 3.05) is 32.8 Å². The maximum absolute atomic E-state index is 12.9. The highest BCUT2D eigenvalue weighted by atomic mass is 19.1. The second-order valence-electron chi connectivity index (χ2n) is 7.53. The Morgan fingerprint density at radius 3 is 2.62 bits per heavy atom. The van der Waals surface area contributed by atoms with E-state index in [-0.39, 0.29) is 11.8 Å². The lowest BCUT2D eigenvalue weighted by Gasteiger charge is -2.31. The smallest absolute Gasteiger partial charge is 0.326 e. The van der Waals surface area contributed by atoms with Crippen LogP contribution in [0.3, 0.4) is 0 Å². The average molecular weight is 395 g/mol. The second kappa shape index (κ2) is 9.09. The predicted molar refractivity (Wildman–Crippen MR) is 112 cm³/mol. The summed E-state index contributed by atoms with van der Waals surface area (Å²) < 4.78 is 20.4. The number of rotatable bonds is 6. The molecule has 0 saturated carbocycles. The number of carbonyl (C=O) groups excluding carboxylic acids is 1. The minimum absolute atomic E-state index is 0.0891. The van der Waals surface area contributed by atoms with Gasteiger partial charge in [-0.15, -0.1) is 0 Å². The molecule has 3 aromatic rings. The molecule has 0 unspecified atom stereocenters. The molecular formula is C23H26FN3O2. The molecule has 152 valence electrons. The summed E-state index contributed by atoms with van der Waals surface area (Å²) in [7, 11) is 0. The lowest BCUT2D eigenvalue weighted by Crippen LogP contribution is -2.41. The van der Waals surface area contributed by atoms with Crippen LogP contribution in [-0.4, -0.2) is 48.3 Å². The zero-order chi connectivity index (χ0) is 20.1. The molecule has 2 heterocycles. The maximum Gasteiger partial charge on any atom is 0.326 e. The Hall–Kier alpha value is -2.86. The van der Waals surface area contributed by atoms with E-state index in [1.807, 2.05) is 36.5 Å². The minimum atomic E-state index is -0.247. The lowest BCUT2D eigenvalue weighted by atomic mass is 9.98. The van der Waals surface area contributed by atoms with Crippen LogP contribution < -0.4 is 10.1 Å². The molecule has 1 N–H and O–H groups in total. The van der Waals surface area contributed by atoms with Gasteiger partial charge in [0.25, 0.3) is 0 Å². The van der Waals surface area contributed by atoms with E-state index in [9.17, 15) is 9.18 Å². The number of carbonyl (C=O) groups is 1. The summed E-state index contributed by atoms with van der Waals surface area (Å²) in [5.41, 5.74) is 0.923. The van der Waals surface area contributed by atoms with Crippen LogP contribution in [0.5, 0.6) is 5.75 Å². The van der Waals surface area contributed by atoms with Gasteiger partial charge in [0.15, 0.2) is 0 Å². The van der Waals surface area contributed by atoms with Crippen molar-refractivity contribution in [2.45, 2.75) is 12.8 Å². The highest BCUT2D eigenvalue weighted by Gasteiger charge is 2.19. The SMILES string of the molecule is O=C(NCCN1CCC(COc2ccc(F)cc2)CC1)n1ccc2ccccc21. The van der Waals surface area contributed by atoms with E-state index in [1.165, 1.54) is 12.1 Å². The number of amides is 1. The van der Waals surface area contributed by atoms with Crippen molar-refractivity contribution in [3.8, 4) is 5.75 Å². The first-order valence-corrected chi connectivity index (χ1v) is 10.1. The maximum atomic E-state index is 12.9. The highest BCUT2D eigenvalue weighted by molar-refractivity contribution is 5.91. The van der Waals surface area contributed by atoms with E-state index < -0.39 is 0 Å². The fraction of sp³-hybridized carbons (Fsp3) is 0.348. The third-order valence-corrected chi connectivity index (χ3v) is 5.53. The first-order valence-electron chi connectivity index (χ1n) is 10.1. The lowest BCUT2D eigenvalue weighted by molar-refractivity contribution is 0.142. The number of nitrogens with zero attached hydrogens (tertiary/aromatic N) is 2. The van der Waals surface area contributed by atoms with E-state index in [4.69, 9.17) is 4.74 Å². The molecule has 0 bridgehead atoms. The fourth-order valence-electron chi connectivity index (χ4n) is 3.79. The largest absolute Gasteiger partial charge is 0.493 e. The Labute approximate surface area is 170 Å². The van der Waals surface area contributed by atoms with Crippen molar-refractivity contribution >= 4 is 16.9 Å². The van der Waals surface area contributed by atoms with E-state index in [2.05, 4.69) is 10.2 Å². The van der Waals surface area contributed by atoms with Gasteiger partial charge in [0.05, 0.1) is 12.1 Å². The number of benzene rings is 2. The van der Waals surface area contributed by atoms with Gasteiger partial charge >= 0.3 is 6.03 Å². The van der Waals surface area contributed by atoms with Gasteiger partial charge < -0.3 is 15.0 Å². The van der Waals surface area contributed by atoms with Gasteiger partial charge in [-0.1, -0.05) is 18.2 Å². The van der Waals surface area contributed by atoms with Crippen molar-refractivity contribution in [2.24, 2.45) is 5.92 Å². The zero-order valence-corrected chi connectivity index (χ0v) is 16.4. The third kappa shape index (κ3) is 4.95. The number of ether oxygens (including phenoxy) is 1. The van der Waals surface area contributed by atoms with Gasteiger partial charge in [0, 0.05) is 24.7 Å². The molecule has 1 amide bonds. The standard InChI is InChI=1S/C23H26FN3O2/c24-20-5-7-21(8-6-20)29-17-18-9-13-26(14-10-18)16-12-25-23(28)27-15-11-19-3-1-2-4-22(19)27/h1-8,11,15,18H,9-10,12-14,16-17H2,(H,25,28). The molecular weight excluding hydrogens is 369 g/mol. The predicted octanol–water partition coefficient (Wildman–Crippen LogP) is 4.13. The average Bonchev–Trinajstić information content (AvgIpc) is 3.18. The van der Waals surface area contributed by atoms with Crippen molar-refractivity contribution in [1.82, 2.24) is 14.8 Å². The molecule has 0 spiro atoms. The Balaban J connectivity index is 1.16. The molecule has 5 nitrogen and oxygen atoms in total. The molecule has 0 atom stereocenters. The van der Waals surface area contributed by atoms with Crippen LogP contribution in [0.1, 0.15) is 12.8 Å². The number of para-hydroxylation sites is 1. The quantitative estimate of drug-likeness (QED) is 0.683. The molecule has 1 aliphatic heterocycles. The topological polar surface area (TPSA) is 46.5 Å². The summed E-state index contributed by atoms with van der Waals surface area (Å²) >= 11 is 0. The van der Waals surface area contributed by atoms with Crippen LogP contribution >= 0.6 is 0 Å². The zero-order valence-electron chi connectivity index (χ0n) is 16.4. The van der Waals surface area contributed by atoms with Crippen LogP contribution in [0.25, 0.3) is 10.9 Å². The van der Waals surface area contributed by atoms with E-state index in [0.29, 0.717) is 24.8 Å². The summed E-state index contributed by atoms with van der Waals surface area (Å²) in [5, 5.41) is 4.08. The molecule has 1 fully saturated rings. The highest BCUT2D eigenvalue weighted by Crippen LogP contribution is 2.19. The fourth-order valence-corrected chi connectivity index (χ4v) is 3.79. The molecule has 1 aromatic heterocycles. The van der Waals surface area contributed by atoms with Crippen LogP contribution in [0.15, 0.2) is 60.8 Å². The minimum Gasteiger partial charge on any atom is -0.493 e. The van der Waals surface area contributed by atoms with E-state index in [1.54, 1.807) is 16.7 Å². The molecule has 1 aliphatic rings. The number of hydrogen-bond acceptors (Lipinski definition) is 3. The van der Waals surface area contributed by atoms with Gasteiger partial charge in [0.1, 0.15) is 11.6 Å². The Morgan fingerprint density at radius 1 is 1.07 bits per heavy atom. The van der Waals surface area contributed by atoms with Crippen molar-refractivity contribution in [1.29, 1.82) is 0 Å². The third-order valence-electron chi connectivity index (χ3n) is 5.53. The molecule has 29 heavy (non-hydrogen) atoms. The summed E-state index contributed by atoms with van der Waals surface area (Å²) in [4.78, 5) is 14.8. The summed E-state index contributed by atoms with van der Waals surface area (Å²) in [5.74, 6) is 0.980. The van der Waals surface area contributed by atoms with Crippen molar-refractivity contribution in [3.05, 3.63) is 66.6 Å². The van der Waals surface area contributed by atoms with Crippen LogP contribution in [0.2, 0.25) is 0 Å². The van der Waals surface area contributed by atoms with Crippen LogP contribution in [0.4, 0.5) is 9.18 Å². The van der Waals surface area contributed by atoms with Gasteiger partial charge in [-0.25, -0.2) is 9.18 Å². The molecule has 1 saturated heterocycles. The molecule has 0 radical (unpaired) electrons. The number of fused-ring (bicyclic) bond motifs is 1. The van der Waals surface area contributed by atoms with E-state index in [0.717, 1.165) is 43.4 Å². The Bertz CT molecular complexity index is 946. The molecule has 2 aromatic carbocycles. The Morgan fingerprint density at radius 2 is 1.83 bits per heavy atom. The summed E-state index contributed by atoms with van der Waals surface area (Å²) in [6.45, 7) is 4.13. The first-order chi connectivity index (χ1) is 14.2. The number of aromatic nitrogens is 1. The Kier molecular flexibility index (Phi) is 6.10. The van der Waals surface area contributed by atoms with Gasteiger partial charge in [0.2, 0.25) is 0 Å². The second-order valence-corrected chi connectivity index (χ2v) is 7.53. The van der Waals surface area contributed by atoms with Gasteiger partial charge in [-0.05, 0) is 68.2 Å². The van der Waals surface area contributed by atoms with Crippen molar-refractivity contribution < 1.29 is 13.9 Å². The van der Waals surface area contributed by atoms with Gasteiger partial charge in [-0.2, -0.15) is 0 Å². The number of piperidine rings is 1. The first kappa shape index (κ1) is 19.5. The number of likely N-dealkylation sites (tertiary alicyclic amines) is 1. The summed E-state index contributed by atoms with van der Waals surface area (Å²) in [6.07, 6.45) is 3.95.